The van der Waals surface area contributed by atoms with Gasteiger partial charge in [0, 0.05) is 25.4 Å². The molecule has 9 nitrogen and oxygen atoms in total. The Balaban J connectivity index is 2.31. The zero-order chi connectivity index (χ0) is 19.0. The molecule has 1 saturated heterocycles. The van der Waals surface area contributed by atoms with E-state index in [-0.39, 0.29) is 13.0 Å². The number of amides is 1. The van der Waals surface area contributed by atoms with Crippen LogP contribution in [-0.2, 0) is 21.5 Å². The molecule has 0 unspecified atom stereocenters. The minimum Gasteiger partial charge on any atom is -0.394 e. The number of aliphatic hydroxyl groups excluding tert-OH is 1. The van der Waals surface area contributed by atoms with Crippen molar-refractivity contribution in [3.8, 4) is 0 Å². The van der Waals surface area contributed by atoms with Crippen molar-refractivity contribution < 1.29 is 18.3 Å². The molecule has 0 saturated carbocycles. The van der Waals surface area contributed by atoms with E-state index >= 15 is 0 Å². The Hall–Kier alpha value is -1.49. The Labute approximate surface area is 148 Å². The number of nitrogens with zero attached hydrogens (tertiary/aromatic N) is 3. The van der Waals surface area contributed by atoms with Crippen LogP contribution in [0.25, 0.3) is 0 Å². The maximum absolute atomic E-state index is 12.6. The van der Waals surface area contributed by atoms with Crippen molar-refractivity contribution in [1.29, 1.82) is 0 Å². The molecular formula is C15H27N5O4S. The van der Waals surface area contributed by atoms with Gasteiger partial charge < -0.3 is 10.4 Å². The first-order valence-corrected chi connectivity index (χ1v) is 9.67. The van der Waals surface area contributed by atoms with Gasteiger partial charge in [-0.25, -0.2) is 0 Å². The number of hydrogen-bond acceptors (Lipinski definition) is 5. The molecule has 0 spiro atoms. The van der Waals surface area contributed by atoms with E-state index in [1.54, 1.807) is 24.7 Å². The average Bonchev–Trinajstić information content (AvgIpc) is 2.90. The molecule has 10 heteroatoms. The van der Waals surface area contributed by atoms with E-state index < -0.39 is 33.7 Å². The standard InChI is InChI=1S/C15H27N5O4S/c1-6-20-8-11(10(2)17-20)12-7-13(19(5)25(23,24)18-12)14(22)16-15(3,4)9-21/h8,12-13,18,21H,6-7,9H2,1-5H3,(H,16,22)/t12-,13-/m0/s1. The lowest BCUT2D eigenvalue weighted by atomic mass is 9.99. The van der Waals surface area contributed by atoms with E-state index in [1.807, 2.05) is 13.8 Å². The monoisotopic (exact) mass is 373 g/mol. The number of rotatable bonds is 5. The molecule has 25 heavy (non-hydrogen) atoms. The minimum atomic E-state index is -3.81. The molecule has 0 bridgehead atoms. The molecule has 2 rings (SSSR count). The van der Waals surface area contributed by atoms with Gasteiger partial charge in [0.15, 0.2) is 0 Å². The predicted octanol–water partition coefficient (Wildman–Crippen LogP) is -0.322. The molecule has 3 N–H and O–H groups in total. The van der Waals surface area contributed by atoms with Crippen LogP contribution in [0, 0.1) is 6.92 Å². The van der Waals surface area contributed by atoms with Gasteiger partial charge in [0.1, 0.15) is 6.04 Å². The number of likely N-dealkylation sites (N-methyl/N-ethyl adjacent to an activating group) is 1. The highest BCUT2D eigenvalue weighted by atomic mass is 32.2. The van der Waals surface area contributed by atoms with Gasteiger partial charge in [-0.1, -0.05) is 0 Å². The summed E-state index contributed by atoms with van der Waals surface area (Å²) in [5.74, 6) is -0.433. The lowest BCUT2D eigenvalue weighted by Crippen LogP contribution is -2.60. The van der Waals surface area contributed by atoms with Crippen LogP contribution in [0.4, 0.5) is 0 Å². The van der Waals surface area contributed by atoms with Gasteiger partial charge in [-0.3, -0.25) is 9.48 Å². The fraction of sp³-hybridized carbons (Fsp3) is 0.733. The van der Waals surface area contributed by atoms with Crippen LogP contribution in [0.5, 0.6) is 0 Å². The number of hydrogen-bond donors (Lipinski definition) is 3. The molecule has 1 aromatic rings. The largest absolute Gasteiger partial charge is 0.394 e. The molecular weight excluding hydrogens is 346 g/mol. The molecule has 1 aliphatic heterocycles. The van der Waals surface area contributed by atoms with Gasteiger partial charge in [0.25, 0.3) is 10.2 Å². The van der Waals surface area contributed by atoms with Crippen molar-refractivity contribution in [2.75, 3.05) is 13.7 Å². The van der Waals surface area contributed by atoms with E-state index in [1.165, 1.54) is 7.05 Å². The van der Waals surface area contributed by atoms with E-state index in [0.717, 1.165) is 15.6 Å². The first-order valence-electron chi connectivity index (χ1n) is 8.23. The maximum Gasteiger partial charge on any atom is 0.280 e. The van der Waals surface area contributed by atoms with Crippen LogP contribution in [0.2, 0.25) is 0 Å². The number of carbonyl (C=O) groups is 1. The summed E-state index contributed by atoms with van der Waals surface area (Å²) in [7, 11) is -2.43. The molecule has 1 aromatic heterocycles. The van der Waals surface area contributed by atoms with Crippen molar-refractivity contribution in [3.63, 3.8) is 0 Å². The average molecular weight is 373 g/mol. The minimum absolute atomic E-state index is 0.244. The number of aliphatic hydroxyl groups is 1. The highest BCUT2D eigenvalue weighted by Crippen LogP contribution is 2.29. The second-order valence-corrected chi connectivity index (χ2v) is 8.76. The topological polar surface area (TPSA) is 117 Å². The lowest BCUT2D eigenvalue weighted by Gasteiger charge is -2.37. The summed E-state index contributed by atoms with van der Waals surface area (Å²) in [6, 6.07) is -1.40. The second-order valence-electron chi connectivity index (χ2n) is 7.00. The van der Waals surface area contributed by atoms with Crippen LogP contribution in [0.1, 0.15) is 44.5 Å². The first kappa shape index (κ1) is 19.8. The van der Waals surface area contributed by atoms with Crippen LogP contribution >= 0.6 is 0 Å². The zero-order valence-corrected chi connectivity index (χ0v) is 16.1. The Kier molecular flexibility index (Phi) is 5.57. The molecule has 2 atom stereocenters. The first-order chi connectivity index (χ1) is 11.5. The summed E-state index contributed by atoms with van der Waals surface area (Å²) < 4.78 is 30.3. The second kappa shape index (κ2) is 7.02. The third kappa shape index (κ3) is 4.20. The third-order valence-corrected chi connectivity index (χ3v) is 6.01. The fourth-order valence-electron chi connectivity index (χ4n) is 2.81. The van der Waals surface area contributed by atoms with Crippen molar-refractivity contribution in [2.45, 2.75) is 58.3 Å². The summed E-state index contributed by atoms with van der Waals surface area (Å²) in [5.41, 5.74) is 0.664. The Morgan fingerprint density at radius 1 is 1.52 bits per heavy atom. The Morgan fingerprint density at radius 2 is 2.16 bits per heavy atom. The SMILES string of the molecule is CCn1cc([C@@H]2C[C@@H](C(=O)NC(C)(C)CO)N(C)S(=O)(=O)N2)c(C)n1. The maximum atomic E-state index is 12.6. The highest BCUT2D eigenvalue weighted by molar-refractivity contribution is 7.87. The summed E-state index contributed by atoms with van der Waals surface area (Å²) in [6.45, 7) is 7.54. The van der Waals surface area contributed by atoms with Crippen molar-refractivity contribution >= 4 is 16.1 Å². The van der Waals surface area contributed by atoms with Gasteiger partial charge in [-0.05, 0) is 34.1 Å². The highest BCUT2D eigenvalue weighted by Gasteiger charge is 2.42. The number of aryl methyl sites for hydroxylation is 2. The number of nitrogens with one attached hydrogen (secondary N) is 2. The smallest absolute Gasteiger partial charge is 0.280 e. The molecule has 0 radical (unpaired) electrons. The van der Waals surface area contributed by atoms with Gasteiger partial charge in [0.2, 0.25) is 5.91 Å². The summed E-state index contributed by atoms with van der Waals surface area (Å²) >= 11 is 0. The summed E-state index contributed by atoms with van der Waals surface area (Å²) in [4.78, 5) is 12.6. The van der Waals surface area contributed by atoms with Gasteiger partial charge in [-0.2, -0.15) is 22.5 Å². The van der Waals surface area contributed by atoms with E-state index in [2.05, 4.69) is 15.1 Å². The molecule has 0 aromatic carbocycles. The molecule has 1 aliphatic rings. The van der Waals surface area contributed by atoms with Gasteiger partial charge in [0.05, 0.1) is 23.9 Å². The van der Waals surface area contributed by atoms with Crippen molar-refractivity contribution in [1.82, 2.24) is 24.1 Å². The van der Waals surface area contributed by atoms with E-state index in [0.29, 0.717) is 6.54 Å². The van der Waals surface area contributed by atoms with Crippen LogP contribution in [0.3, 0.4) is 0 Å². The normalized spacial score (nSPS) is 24.2. The third-order valence-electron chi connectivity index (χ3n) is 4.41. The zero-order valence-electron chi connectivity index (χ0n) is 15.3. The predicted molar refractivity (Wildman–Crippen MR) is 92.9 cm³/mol. The van der Waals surface area contributed by atoms with Gasteiger partial charge >= 0.3 is 0 Å². The van der Waals surface area contributed by atoms with E-state index in [9.17, 15) is 18.3 Å². The summed E-state index contributed by atoms with van der Waals surface area (Å²) in [6.07, 6.45) is 2.08. The van der Waals surface area contributed by atoms with Crippen molar-refractivity contribution in [3.05, 3.63) is 17.5 Å². The quantitative estimate of drug-likeness (QED) is 0.654. The molecule has 1 amide bonds. The van der Waals surface area contributed by atoms with Crippen molar-refractivity contribution in [2.24, 2.45) is 0 Å². The number of carbonyl (C=O) groups excluding carboxylic acids is 1. The van der Waals surface area contributed by atoms with Gasteiger partial charge in [-0.15, -0.1) is 0 Å². The molecule has 2 heterocycles. The number of aromatic nitrogens is 2. The Bertz CT molecular complexity index is 743. The molecule has 0 aliphatic carbocycles. The fourth-order valence-corrected chi connectivity index (χ4v) is 4.07. The Morgan fingerprint density at radius 3 is 2.68 bits per heavy atom. The lowest BCUT2D eigenvalue weighted by molar-refractivity contribution is -0.127. The molecule has 142 valence electrons. The molecule has 1 fully saturated rings. The van der Waals surface area contributed by atoms with Crippen LogP contribution < -0.4 is 10.0 Å². The summed E-state index contributed by atoms with van der Waals surface area (Å²) in [5, 5.41) is 16.4. The van der Waals surface area contributed by atoms with Crippen LogP contribution in [0.15, 0.2) is 6.20 Å². The van der Waals surface area contributed by atoms with Crippen LogP contribution in [-0.4, -0.2) is 58.8 Å². The van der Waals surface area contributed by atoms with E-state index in [4.69, 9.17) is 0 Å².